The van der Waals surface area contributed by atoms with Crippen LogP contribution in [-0.4, -0.2) is 50.0 Å². The third-order valence-electron chi connectivity index (χ3n) is 7.07. The van der Waals surface area contributed by atoms with Crippen molar-refractivity contribution >= 4 is 16.7 Å². The van der Waals surface area contributed by atoms with Crippen LogP contribution in [0.1, 0.15) is 44.3 Å². The Bertz CT molecular complexity index is 1160. The smallest absolute Gasteiger partial charge is 0.170 e. The number of rotatable bonds is 2. The minimum Gasteiger partial charge on any atom is -0.261 e. The summed E-state index contributed by atoms with van der Waals surface area (Å²) in [5.41, 5.74) is 1.52. The quantitative estimate of drug-likeness (QED) is 0.570. The lowest BCUT2D eigenvalue weighted by molar-refractivity contribution is -0.0785. The van der Waals surface area contributed by atoms with Gasteiger partial charge in [-0.3, -0.25) is 5.10 Å². The Morgan fingerprint density at radius 2 is 2.04 bits per heavy atom. The van der Waals surface area contributed by atoms with Gasteiger partial charge in [-0.1, -0.05) is 0 Å². The van der Waals surface area contributed by atoms with E-state index in [0.29, 0.717) is 11.8 Å². The molecule has 0 aromatic carbocycles. The largest absolute Gasteiger partial charge is 0.261 e. The van der Waals surface area contributed by atoms with E-state index >= 15 is 0 Å². The van der Waals surface area contributed by atoms with Crippen molar-refractivity contribution in [3.8, 4) is 0 Å². The average Bonchev–Trinajstić information content (AvgIpc) is 3.39. The van der Waals surface area contributed by atoms with Crippen LogP contribution in [0.2, 0.25) is 0 Å². The molecule has 0 aliphatic heterocycles. The topological polar surface area (TPSA) is 115 Å². The molecule has 4 heterocycles. The van der Waals surface area contributed by atoms with Crippen molar-refractivity contribution < 1.29 is 0 Å². The van der Waals surface area contributed by atoms with Gasteiger partial charge in [0.15, 0.2) is 23.4 Å². The fourth-order valence-electron chi connectivity index (χ4n) is 6.56. The summed E-state index contributed by atoms with van der Waals surface area (Å²) in [7, 11) is 0. The van der Waals surface area contributed by atoms with Crippen LogP contribution in [0.15, 0.2) is 18.9 Å². The number of aromatic amines is 1. The zero-order valence-electron chi connectivity index (χ0n) is 14.7. The Morgan fingerprint density at radius 3 is 2.85 bits per heavy atom. The summed E-state index contributed by atoms with van der Waals surface area (Å²) in [5, 5.41) is 25.5. The third kappa shape index (κ3) is 1.73. The molecular formula is C17H18N10. The van der Waals surface area contributed by atoms with Crippen molar-refractivity contribution in [2.45, 2.75) is 49.5 Å². The first-order chi connectivity index (χ1) is 13.2. The molecule has 136 valence electrons. The molecular weight excluding hydrogens is 344 g/mol. The van der Waals surface area contributed by atoms with Gasteiger partial charge in [0.2, 0.25) is 0 Å². The highest BCUT2D eigenvalue weighted by Gasteiger charge is 2.61. The van der Waals surface area contributed by atoms with Crippen LogP contribution in [-0.2, 0) is 11.0 Å². The highest BCUT2D eigenvalue weighted by atomic mass is 15.6. The van der Waals surface area contributed by atoms with Crippen molar-refractivity contribution in [1.82, 2.24) is 50.0 Å². The number of nitrogens with zero attached hydrogens (tertiary/aromatic N) is 9. The monoisotopic (exact) mass is 362 g/mol. The second-order valence-electron chi connectivity index (χ2n) is 8.77. The molecule has 0 saturated heterocycles. The number of tetrazole rings is 1. The van der Waals surface area contributed by atoms with Gasteiger partial charge in [0, 0.05) is 5.41 Å². The first kappa shape index (κ1) is 14.2. The van der Waals surface area contributed by atoms with Crippen molar-refractivity contribution in [3.63, 3.8) is 0 Å². The minimum atomic E-state index is -0.0404. The molecule has 27 heavy (non-hydrogen) atoms. The summed E-state index contributed by atoms with van der Waals surface area (Å²) >= 11 is 0. The van der Waals surface area contributed by atoms with Crippen LogP contribution in [0.4, 0.5) is 0 Å². The van der Waals surface area contributed by atoms with Crippen LogP contribution < -0.4 is 0 Å². The highest BCUT2D eigenvalue weighted by molar-refractivity contribution is 5.87. The summed E-state index contributed by atoms with van der Waals surface area (Å²) in [5.74, 6) is 2.29. The van der Waals surface area contributed by atoms with Crippen LogP contribution >= 0.6 is 0 Å². The number of nitrogens with one attached hydrogen (secondary N) is 1. The number of fused-ring (bicyclic) bond motifs is 3. The summed E-state index contributed by atoms with van der Waals surface area (Å²) < 4.78 is 1.80. The van der Waals surface area contributed by atoms with E-state index in [2.05, 4.69) is 30.6 Å². The van der Waals surface area contributed by atoms with E-state index in [9.17, 15) is 0 Å². The molecule has 10 nitrogen and oxygen atoms in total. The molecule has 0 spiro atoms. The summed E-state index contributed by atoms with van der Waals surface area (Å²) in [4.78, 5) is 11.3. The Kier molecular flexibility index (Phi) is 2.36. The Hall–Kier alpha value is -2.91. The highest BCUT2D eigenvalue weighted by Crippen LogP contribution is 2.63. The van der Waals surface area contributed by atoms with Gasteiger partial charge in [0.25, 0.3) is 0 Å². The number of aromatic nitrogens is 10. The standard InChI is InChI=1S/C17H18N10/c1-10-2-16(3-11(1)5-17(4-10,7-16)27-21-8-20-25-27)15-22-14-12-6-19-23-13(12)18-9-26(14)24-15/h6,8-11H,1-5,7H2,(H,19,23)/t10-,11-,16?,17?/m0/s1. The second kappa shape index (κ2) is 4.49. The van der Waals surface area contributed by atoms with Gasteiger partial charge in [-0.15, -0.1) is 15.3 Å². The molecule has 10 heteroatoms. The molecule has 4 bridgehead atoms. The molecule has 4 aliphatic carbocycles. The fraction of sp³-hybridized carbons (Fsp3) is 0.588. The summed E-state index contributed by atoms with van der Waals surface area (Å²) in [6.45, 7) is 0. The second-order valence-corrected chi connectivity index (χ2v) is 8.77. The number of H-pyrrole nitrogens is 1. The lowest BCUT2D eigenvalue weighted by Gasteiger charge is -2.60. The van der Waals surface area contributed by atoms with Crippen LogP contribution in [0.25, 0.3) is 16.7 Å². The number of hydrogen-bond acceptors (Lipinski definition) is 7. The van der Waals surface area contributed by atoms with Crippen molar-refractivity contribution in [2.75, 3.05) is 0 Å². The van der Waals surface area contributed by atoms with Crippen molar-refractivity contribution in [2.24, 2.45) is 11.8 Å². The lowest BCUT2D eigenvalue weighted by Crippen LogP contribution is -2.59. The minimum absolute atomic E-state index is 0.0141. The molecule has 2 atom stereocenters. The first-order valence-corrected chi connectivity index (χ1v) is 9.52. The average molecular weight is 362 g/mol. The molecule has 4 saturated carbocycles. The van der Waals surface area contributed by atoms with Crippen LogP contribution in [0, 0.1) is 11.8 Å². The molecule has 4 aliphatic rings. The molecule has 0 radical (unpaired) electrons. The molecule has 1 N–H and O–H groups in total. The maximum atomic E-state index is 5.00. The van der Waals surface area contributed by atoms with Crippen molar-refractivity contribution in [3.05, 3.63) is 24.7 Å². The molecule has 4 aromatic rings. The van der Waals surface area contributed by atoms with E-state index in [1.165, 1.54) is 6.42 Å². The van der Waals surface area contributed by atoms with E-state index in [0.717, 1.165) is 54.6 Å². The maximum absolute atomic E-state index is 5.00. The molecule has 8 rings (SSSR count). The Morgan fingerprint density at radius 1 is 1.15 bits per heavy atom. The van der Waals surface area contributed by atoms with E-state index in [1.807, 2.05) is 4.80 Å². The van der Waals surface area contributed by atoms with Gasteiger partial charge in [0.1, 0.15) is 6.33 Å². The van der Waals surface area contributed by atoms with Gasteiger partial charge >= 0.3 is 0 Å². The SMILES string of the molecule is c1nnn(C23C[C@H]4C[C@@H](CC(c5nc6c7cn[nH]c7ncn6n5)(C4)C2)C3)n1. The number of hydrogen-bond donors (Lipinski definition) is 1. The summed E-state index contributed by atoms with van der Waals surface area (Å²) in [6, 6.07) is 0. The van der Waals surface area contributed by atoms with Gasteiger partial charge in [-0.05, 0) is 55.6 Å². The van der Waals surface area contributed by atoms with E-state index in [-0.39, 0.29) is 11.0 Å². The van der Waals surface area contributed by atoms with E-state index in [1.54, 1.807) is 23.4 Å². The van der Waals surface area contributed by atoms with Gasteiger partial charge in [-0.25, -0.2) is 14.5 Å². The molecule has 4 fully saturated rings. The Labute approximate surface area is 153 Å². The first-order valence-electron chi connectivity index (χ1n) is 9.52. The van der Waals surface area contributed by atoms with Crippen LogP contribution in [0.3, 0.4) is 0 Å². The molecule has 4 aromatic heterocycles. The van der Waals surface area contributed by atoms with E-state index in [4.69, 9.17) is 10.1 Å². The third-order valence-corrected chi connectivity index (χ3v) is 7.07. The van der Waals surface area contributed by atoms with Crippen LogP contribution in [0.5, 0.6) is 0 Å². The van der Waals surface area contributed by atoms with E-state index < -0.39 is 0 Å². The summed E-state index contributed by atoms with van der Waals surface area (Å²) in [6.07, 6.45) is 11.9. The predicted molar refractivity (Wildman–Crippen MR) is 92.6 cm³/mol. The fourth-order valence-corrected chi connectivity index (χ4v) is 6.56. The maximum Gasteiger partial charge on any atom is 0.170 e. The predicted octanol–water partition coefficient (Wildman–Crippen LogP) is 1.23. The zero-order chi connectivity index (χ0) is 17.6. The van der Waals surface area contributed by atoms with Gasteiger partial charge in [0.05, 0.1) is 17.1 Å². The zero-order valence-corrected chi connectivity index (χ0v) is 14.7. The molecule has 0 amide bonds. The van der Waals surface area contributed by atoms with Crippen molar-refractivity contribution in [1.29, 1.82) is 0 Å². The normalized spacial score (nSPS) is 34.8. The lowest BCUT2D eigenvalue weighted by atomic mass is 9.46. The van der Waals surface area contributed by atoms with Gasteiger partial charge in [-0.2, -0.15) is 9.90 Å². The molecule has 0 unspecified atom stereocenters. The van der Waals surface area contributed by atoms with Gasteiger partial charge < -0.3 is 0 Å². The Balaban J connectivity index is 1.41.